The van der Waals surface area contributed by atoms with Gasteiger partial charge >= 0.3 is 0 Å². The Bertz CT molecular complexity index is 796. The average molecular weight is 349 g/mol. The first-order chi connectivity index (χ1) is 12.8. The topological polar surface area (TPSA) is 72.0 Å². The van der Waals surface area contributed by atoms with Crippen molar-refractivity contribution in [3.05, 3.63) is 66.5 Å². The second-order valence-electron chi connectivity index (χ2n) is 5.81. The van der Waals surface area contributed by atoms with E-state index < -0.39 is 0 Å². The SMILES string of the molecule is COCCCNc1cc(NCc2ccncc2)nc(-c2ccccc2)n1. The van der Waals surface area contributed by atoms with Crippen LogP contribution in [0.3, 0.4) is 0 Å². The Balaban J connectivity index is 1.77. The molecule has 0 saturated heterocycles. The van der Waals surface area contributed by atoms with Crippen LogP contribution in [-0.2, 0) is 11.3 Å². The number of nitrogens with one attached hydrogen (secondary N) is 2. The maximum absolute atomic E-state index is 5.09. The predicted octanol–water partition coefficient (Wildman–Crippen LogP) is 3.60. The van der Waals surface area contributed by atoms with E-state index in [9.17, 15) is 0 Å². The monoisotopic (exact) mass is 349 g/mol. The molecule has 0 aliphatic carbocycles. The van der Waals surface area contributed by atoms with Crippen LogP contribution < -0.4 is 10.6 Å². The lowest BCUT2D eigenvalue weighted by Gasteiger charge is -2.12. The molecule has 2 aromatic heterocycles. The van der Waals surface area contributed by atoms with E-state index in [1.165, 1.54) is 0 Å². The number of hydrogen-bond donors (Lipinski definition) is 2. The van der Waals surface area contributed by atoms with E-state index in [4.69, 9.17) is 4.74 Å². The van der Waals surface area contributed by atoms with Crippen LogP contribution in [0.15, 0.2) is 60.9 Å². The van der Waals surface area contributed by atoms with Crippen molar-refractivity contribution in [2.75, 3.05) is 30.9 Å². The third-order valence-electron chi connectivity index (χ3n) is 3.81. The van der Waals surface area contributed by atoms with Crippen molar-refractivity contribution in [1.82, 2.24) is 15.0 Å². The fourth-order valence-electron chi connectivity index (χ4n) is 2.47. The third-order valence-corrected chi connectivity index (χ3v) is 3.81. The summed E-state index contributed by atoms with van der Waals surface area (Å²) in [5.74, 6) is 2.27. The van der Waals surface area contributed by atoms with Crippen molar-refractivity contribution in [3.8, 4) is 11.4 Å². The van der Waals surface area contributed by atoms with Gasteiger partial charge in [0.1, 0.15) is 11.6 Å². The van der Waals surface area contributed by atoms with E-state index in [1.54, 1.807) is 19.5 Å². The van der Waals surface area contributed by atoms with Crippen molar-refractivity contribution in [2.45, 2.75) is 13.0 Å². The number of pyridine rings is 1. The molecule has 6 nitrogen and oxygen atoms in total. The van der Waals surface area contributed by atoms with Gasteiger partial charge in [-0.3, -0.25) is 4.98 Å². The highest BCUT2D eigenvalue weighted by Crippen LogP contribution is 2.20. The number of nitrogens with zero attached hydrogens (tertiary/aromatic N) is 3. The summed E-state index contributed by atoms with van der Waals surface area (Å²) in [6.07, 6.45) is 4.49. The second kappa shape index (κ2) is 9.48. The molecule has 0 aliphatic rings. The van der Waals surface area contributed by atoms with Crippen LogP contribution >= 0.6 is 0 Å². The summed E-state index contributed by atoms with van der Waals surface area (Å²) in [5, 5.41) is 6.72. The largest absolute Gasteiger partial charge is 0.385 e. The number of hydrogen-bond acceptors (Lipinski definition) is 6. The highest BCUT2D eigenvalue weighted by molar-refractivity contribution is 5.61. The Morgan fingerprint density at radius 3 is 2.38 bits per heavy atom. The molecular weight excluding hydrogens is 326 g/mol. The van der Waals surface area contributed by atoms with Gasteiger partial charge in [-0.05, 0) is 24.1 Å². The molecule has 0 atom stereocenters. The number of benzene rings is 1. The van der Waals surface area contributed by atoms with Gasteiger partial charge in [-0.25, -0.2) is 9.97 Å². The van der Waals surface area contributed by atoms with Crippen LogP contribution in [0.5, 0.6) is 0 Å². The molecule has 0 radical (unpaired) electrons. The van der Waals surface area contributed by atoms with Crippen LogP contribution in [0.25, 0.3) is 11.4 Å². The molecule has 26 heavy (non-hydrogen) atoms. The summed E-state index contributed by atoms with van der Waals surface area (Å²) >= 11 is 0. The number of aromatic nitrogens is 3. The molecule has 2 heterocycles. The molecular formula is C20H23N5O. The molecule has 3 aromatic rings. The van der Waals surface area contributed by atoms with Crippen LogP contribution in [0, 0.1) is 0 Å². The van der Waals surface area contributed by atoms with E-state index >= 15 is 0 Å². The lowest BCUT2D eigenvalue weighted by atomic mass is 10.2. The zero-order valence-electron chi connectivity index (χ0n) is 14.9. The Labute approximate surface area is 153 Å². The molecule has 0 amide bonds. The Morgan fingerprint density at radius 2 is 1.65 bits per heavy atom. The van der Waals surface area contributed by atoms with Gasteiger partial charge in [-0.15, -0.1) is 0 Å². The smallest absolute Gasteiger partial charge is 0.163 e. The summed E-state index contributed by atoms with van der Waals surface area (Å²) in [6, 6.07) is 15.9. The number of anilines is 2. The fraction of sp³-hybridized carbons (Fsp3) is 0.250. The van der Waals surface area contributed by atoms with Gasteiger partial charge < -0.3 is 15.4 Å². The van der Waals surface area contributed by atoms with Gasteiger partial charge in [-0.2, -0.15) is 0 Å². The summed E-state index contributed by atoms with van der Waals surface area (Å²) in [7, 11) is 1.71. The molecule has 0 aliphatic heterocycles. The quantitative estimate of drug-likeness (QED) is 0.575. The van der Waals surface area contributed by atoms with Crippen LogP contribution in [0.2, 0.25) is 0 Å². The fourth-order valence-corrected chi connectivity index (χ4v) is 2.47. The lowest BCUT2D eigenvalue weighted by Crippen LogP contribution is -2.09. The lowest BCUT2D eigenvalue weighted by molar-refractivity contribution is 0.198. The molecule has 0 spiro atoms. The molecule has 1 aromatic carbocycles. The summed E-state index contributed by atoms with van der Waals surface area (Å²) < 4.78 is 5.09. The highest BCUT2D eigenvalue weighted by Gasteiger charge is 2.07. The van der Waals surface area contributed by atoms with Crippen LogP contribution in [0.1, 0.15) is 12.0 Å². The van der Waals surface area contributed by atoms with E-state index in [1.807, 2.05) is 48.5 Å². The zero-order valence-corrected chi connectivity index (χ0v) is 14.9. The summed E-state index contributed by atoms with van der Waals surface area (Å²) in [6.45, 7) is 2.19. The number of rotatable bonds is 9. The molecule has 0 saturated carbocycles. The first kappa shape index (κ1) is 17.8. The molecule has 2 N–H and O–H groups in total. The Hall–Kier alpha value is -2.99. The molecule has 134 valence electrons. The molecule has 0 fully saturated rings. The van der Waals surface area contributed by atoms with Gasteiger partial charge in [0.05, 0.1) is 0 Å². The average Bonchev–Trinajstić information content (AvgIpc) is 2.71. The minimum atomic E-state index is 0.677. The summed E-state index contributed by atoms with van der Waals surface area (Å²) in [5.41, 5.74) is 2.13. The third kappa shape index (κ3) is 5.26. The summed E-state index contributed by atoms with van der Waals surface area (Å²) in [4.78, 5) is 13.3. The van der Waals surface area contributed by atoms with Gasteiger partial charge in [0.25, 0.3) is 0 Å². The van der Waals surface area contributed by atoms with Crippen molar-refractivity contribution in [2.24, 2.45) is 0 Å². The van der Waals surface area contributed by atoms with Crippen molar-refractivity contribution < 1.29 is 4.74 Å². The zero-order chi connectivity index (χ0) is 18.0. The minimum Gasteiger partial charge on any atom is -0.385 e. The highest BCUT2D eigenvalue weighted by atomic mass is 16.5. The molecule has 6 heteroatoms. The van der Waals surface area contributed by atoms with Gasteiger partial charge in [0.2, 0.25) is 0 Å². The van der Waals surface area contributed by atoms with Gasteiger partial charge in [0, 0.05) is 50.8 Å². The van der Waals surface area contributed by atoms with E-state index in [2.05, 4.69) is 25.6 Å². The molecule has 0 bridgehead atoms. The molecule has 3 rings (SSSR count). The predicted molar refractivity (Wildman–Crippen MR) is 104 cm³/mol. The Morgan fingerprint density at radius 1 is 0.923 bits per heavy atom. The first-order valence-electron chi connectivity index (χ1n) is 8.65. The number of methoxy groups -OCH3 is 1. The van der Waals surface area contributed by atoms with E-state index in [0.717, 1.165) is 42.3 Å². The minimum absolute atomic E-state index is 0.677. The number of ether oxygens (including phenoxy) is 1. The normalized spacial score (nSPS) is 10.5. The van der Waals surface area contributed by atoms with Crippen molar-refractivity contribution >= 4 is 11.6 Å². The second-order valence-corrected chi connectivity index (χ2v) is 5.81. The van der Waals surface area contributed by atoms with Crippen molar-refractivity contribution in [3.63, 3.8) is 0 Å². The maximum Gasteiger partial charge on any atom is 0.163 e. The molecule has 0 unspecified atom stereocenters. The van der Waals surface area contributed by atoms with Crippen LogP contribution in [-0.4, -0.2) is 35.2 Å². The van der Waals surface area contributed by atoms with Crippen molar-refractivity contribution in [1.29, 1.82) is 0 Å². The first-order valence-corrected chi connectivity index (χ1v) is 8.65. The van der Waals surface area contributed by atoms with E-state index in [0.29, 0.717) is 12.4 Å². The maximum atomic E-state index is 5.09. The van der Waals surface area contributed by atoms with Gasteiger partial charge in [-0.1, -0.05) is 30.3 Å². The van der Waals surface area contributed by atoms with Crippen LogP contribution in [0.4, 0.5) is 11.6 Å². The van der Waals surface area contributed by atoms with Gasteiger partial charge in [0.15, 0.2) is 5.82 Å². The van der Waals surface area contributed by atoms with E-state index in [-0.39, 0.29) is 0 Å². The Kier molecular flexibility index (Phi) is 6.50. The standard InChI is InChI=1S/C20H23N5O/c1-26-13-5-10-22-18-14-19(23-15-16-8-11-21-12-9-16)25-20(24-18)17-6-3-2-4-7-17/h2-4,6-9,11-12,14H,5,10,13,15H2,1H3,(H2,22,23,24,25).